The number of amides is 1. The molecule has 0 bridgehead atoms. The highest BCUT2D eigenvalue weighted by molar-refractivity contribution is 6.08. The van der Waals surface area contributed by atoms with Crippen LogP contribution in [-0.2, 0) is 21.5 Å². The van der Waals surface area contributed by atoms with Gasteiger partial charge in [-0.15, -0.1) is 0 Å². The third-order valence-electron chi connectivity index (χ3n) is 6.68. The zero-order valence-corrected chi connectivity index (χ0v) is 16.5. The number of halogens is 2. The van der Waals surface area contributed by atoms with E-state index in [0.717, 1.165) is 11.1 Å². The first-order valence-electron chi connectivity index (χ1n) is 9.90. The molecule has 1 amide bonds. The van der Waals surface area contributed by atoms with Gasteiger partial charge in [0.25, 0.3) is 5.91 Å². The van der Waals surface area contributed by atoms with Crippen LogP contribution in [0.1, 0.15) is 56.2 Å². The first kappa shape index (κ1) is 19.8. The van der Waals surface area contributed by atoms with Crippen molar-refractivity contribution in [3.8, 4) is 6.07 Å². The number of hydrogen-bond donors (Lipinski definition) is 1. The van der Waals surface area contributed by atoms with E-state index in [9.17, 15) is 18.8 Å². The molecule has 0 radical (unpaired) electrons. The predicted molar refractivity (Wildman–Crippen MR) is 102 cm³/mol. The van der Waals surface area contributed by atoms with Gasteiger partial charge in [-0.1, -0.05) is 6.07 Å². The summed E-state index contributed by atoms with van der Waals surface area (Å²) in [5.74, 6) is -0.0161. The molecule has 2 aliphatic carbocycles. The number of ether oxygens (including phenoxy) is 1. The van der Waals surface area contributed by atoms with Crippen molar-refractivity contribution < 1.29 is 18.3 Å². The van der Waals surface area contributed by atoms with Crippen LogP contribution in [0.4, 0.5) is 8.78 Å². The summed E-state index contributed by atoms with van der Waals surface area (Å²) >= 11 is 0. The van der Waals surface area contributed by atoms with Crippen molar-refractivity contribution in [2.24, 2.45) is 16.1 Å². The normalized spacial score (nSPS) is 31.1. The van der Waals surface area contributed by atoms with E-state index in [4.69, 9.17) is 15.5 Å². The van der Waals surface area contributed by atoms with Crippen molar-refractivity contribution in [1.82, 2.24) is 4.90 Å². The van der Waals surface area contributed by atoms with Gasteiger partial charge in [0.05, 0.1) is 17.7 Å². The van der Waals surface area contributed by atoms with E-state index < -0.39 is 23.7 Å². The fraction of sp³-hybridized carbons (Fsp3) is 0.571. The molecule has 29 heavy (non-hydrogen) atoms. The Morgan fingerprint density at radius 2 is 2.03 bits per heavy atom. The number of guanidine groups is 1. The molecule has 1 atom stereocenters. The zero-order valence-electron chi connectivity index (χ0n) is 16.5. The second-order valence-corrected chi connectivity index (χ2v) is 8.49. The lowest BCUT2D eigenvalue weighted by Gasteiger charge is -2.45. The Kier molecular flexibility index (Phi) is 4.61. The minimum Gasteiger partial charge on any atom is -0.369 e. The van der Waals surface area contributed by atoms with Crippen molar-refractivity contribution in [3.63, 3.8) is 0 Å². The van der Waals surface area contributed by atoms with Gasteiger partial charge in [-0.2, -0.15) is 14.0 Å². The topological polar surface area (TPSA) is 91.7 Å². The van der Waals surface area contributed by atoms with E-state index in [-0.39, 0.29) is 17.9 Å². The van der Waals surface area contributed by atoms with Gasteiger partial charge in [-0.3, -0.25) is 9.69 Å². The molecule has 0 saturated heterocycles. The van der Waals surface area contributed by atoms with Crippen LogP contribution in [0.5, 0.6) is 0 Å². The van der Waals surface area contributed by atoms with Gasteiger partial charge in [0.2, 0.25) is 0 Å². The van der Waals surface area contributed by atoms with Gasteiger partial charge < -0.3 is 10.5 Å². The summed E-state index contributed by atoms with van der Waals surface area (Å²) in [6.07, 6.45) is 1.97. The molecule has 0 aromatic heterocycles. The first-order valence-corrected chi connectivity index (χ1v) is 9.90. The molecule has 154 valence electrons. The summed E-state index contributed by atoms with van der Waals surface area (Å²) in [6.45, 7) is 0.946. The van der Waals surface area contributed by atoms with Crippen LogP contribution in [0.3, 0.4) is 0 Å². The maximum Gasteiger partial charge on any atom is 0.345 e. The number of hydrogen-bond acceptors (Lipinski definition) is 5. The summed E-state index contributed by atoms with van der Waals surface area (Å²) in [4.78, 5) is 20.0. The van der Waals surface area contributed by atoms with E-state index in [2.05, 4.69) is 6.07 Å². The lowest BCUT2D eigenvalue weighted by molar-refractivity contribution is -0.179. The number of aliphatic imine (C=N–C) groups is 1. The average molecular weight is 402 g/mol. The number of fused-ring (bicyclic) bond motifs is 3. The molecule has 1 aromatic rings. The van der Waals surface area contributed by atoms with Crippen LogP contribution < -0.4 is 5.73 Å². The summed E-state index contributed by atoms with van der Waals surface area (Å²) in [5, 5.41) is 9.39. The molecule has 1 aliphatic heterocycles. The molecule has 3 aliphatic rings. The SMILES string of the molecule is CC(C)N1C(=O)C2(N=C1N)c1cc(C#N)ccc1CC21CCC(OC(F)F)CC1. The van der Waals surface area contributed by atoms with Gasteiger partial charge >= 0.3 is 6.61 Å². The molecule has 1 aromatic carbocycles. The summed E-state index contributed by atoms with van der Waals surface area (Å²) in [5.41, 5.74) is 6.58. The largest absolute Gasteiger partial charge is 0.369 e. The van der Waals surface area contributed by atoms with Crippen molar-refractivity contribution >= 4 is 11.9 Å². The summed E-state index contributed by atoms with van der Waals surface area (Å²) in [6, 6.07) is 7.33. The second-order valence-electron chi connectivity index (χ2n) is 8.49. The molecule has 1 fully saturated rings. The first-order chi connectivity index (χ1) is 13.7. The number of nitrogens with zero attached hydrogens (tertiary/aromatic N) is 3. The van der Waals surface area contributed by atoms with Crippen molar-refractivity contribution in [2.75, 3.05) is 0 Å². The number of carbonyl (C=O) groups excluding carboxylic acids is 1. The van der Waals surface area contributed by atoms with E-state index in [0.29, 0.717) is 37.7 Å². The number of rotatable bonds is 3. The highest BCUT2D eigenvalue weighted by Gasteiger charge is 2.67. The molecular weight excluding hydrogens is 378 g/mol. The third kappa shape index (κ3) is 2.75. The van der Waals surface area contributed by atoms with E-state index >= 15 is 0 Å². The Bertz CT molecular complexity index is 916. The highest BCUT2D eigenvalue weighted by atomic mass is 19.3. The molecule has 2 N–H and O–H groups in total. The number of nitrogens with two attached hydrogens (primary N) is 1. The van der Waals surface area contributed by atoms with E-state index in [1.165, 1.54) is 4.90 Å². The third-order valence-corrected chi connectivity index (χ3v) is 6.68. The molecule has 1 heterocycles. The van der Waals surface area contributed by atoms with Crippen molar-refractivity contribution in [1.29, 1.82) is 5.26 Å². The standard InChI is InChI=1S/C21H24F2N4O2/c1-12(2)27-17(28)21(26-19(27)25)16-9-13(11-24)3-4-14(16)10-20(21)7-5-15(6-8-20)29-18(22)23/h3-4,9,12,15,18H,5-8,10H2,1-2H3,(H2,25,26). The lowest BCUT2D eigenvalue weighted by Crippen LogP contribution is -2.53. The van der Waals surface area contributed by atoms with Crippen LogP contribution >= 0.6 is 0 Å². The average Bonchev–Trinajstić information content (AvgIpc) is 3.09. The minimum absolute atomic E-state index is 0.163. The van der Waals surface area contributed by atoms with Crippen LogP contribution in [0.25, 0.3) is 0 Å². The number of nitriles is 1. The monoisotopic (exact) mass is 402 g/mol. The van der Waals surface area contributed by atoms with Gasteiger partial charge in [-0.05, 0) is 69.2 Å². The number of carbonyl (C=O) groups is 1. The predicted octanol–water partition coefficient (Wildman–Crippen LogP) is 3.04. The molecule has 8 heteroatoms. The fourth-order valence-electron chi connectivity index (χ4n) is 5.45. The van der Waals surface area contributed by atoms with Crippen LogP contribution in [0.15, 0.2) is 23.2 Å². The number of alkyl halides is 2. The van der Waals surface area contributed by atoms with Crippen LogP contribution in [0.2, 0.25) is 0 Å². The molecule has 6 nitrogen and oxygen atoms in total. The minimum atomic E-state index is -2.81. The Labute approximate surface area is 168 Å². The second kappa shape index (κ2) is 6.77. The molecular formula is C21H24F2N4O2. The van der Waals surface area contributed by atoms with Gasteiger partial charge in [0.1, 0.15) is 0 Å². The molecule has 1 saturated carbocycles. The maximum atomic E-state index is 13.8. The Morgan fingerprint density at radius 3 is 2.59 bits per heavy atom. The van der Waals surface area contributed by atoms with Gasteiger partial charge in [0, 0.05) is 11.5 Å². The Morgan fingerprint density at radius 1 is 1.34 bits per heavy atom. The van der Waals surface area contributed by atoms with E-state index in [1.807, 2.05) is 19.9 Å². The summed E-state index contributed by atoms with van der Waals surface area (Å²) in [7, 11) is 0. The highest BCUT2D eigenvalue weighted by Crippen LogP contribution is 2.62. The molecule has 1 unspecified atom stereocenters. The zero-order chi connectivity index (χ0) is 21.0. The maximum absolute atomic E-state index is 13.8. The number of benzene rings is 1. The smallest absolute Gasteiger partial charge is 0.345 e. The van der Waals surface area contributed by atoms with Crippen molar-refractivity contribution in [2.45, 2.75) is 70.2 Å². The van der Waals surface area contributed by atoms with Crippen molar-refractivity contribution in [3.05, 3.63) is 34.9 Å². The summed E-state index contributed by atoms with van der Waals surface area (Å²) < 4.78 is 30.1. The quantitative estimate of drug-likeness (QED) is 0.841. The Hall–Kier alpha value is -2.53. The lowest BCUT2D eigenvalue weighted by atomic mass is 9.61. The molecule has 4 rings (SSSR count). The Balaban J connectivity index is 1.82. The van der Waals surface area contributed by atoms with Crippen LogP contribution in [0, 0.1) is 16.7 Å². The molecule has 2 spiro atoms. The fourth-order valence-corrected chi connectivity index (χ4v) is 5.45. The van der Waals surface area contributed by atoms with E-state index in [1.54, 1.807) is 12.1 Å². The van der Waals surface area contributed by atoms with Gasteiger partial charge in [-0.25, -0.2) is 4.99 Å². The van der Waals surface area contributed by atoms with Crippen LogP contribution in [-0.4, -0.2) is 35.5 Å². The van der Waals surface area contributed by atoms with Gasteiger partial charge in [0.15, 0.2) is 11.5 Å².